The van der Waals surface area contributed by atoms with Crippen LogP contribution in [0.15, 0.2) is 24.3 Å². The molecule has 3 saturated heterocycles. The normalized spacial score (nSPS) is 23.8. The molecule has 2 aromatic heterocycles. The highest BCUT2D eigenvalue weighted by molar-refractivity contribution is 6.04. The lowest BCUT2D eigenvalue weighted by atomic mass is 9.95. The van der Waals surface area contributed by atoms with Gasteiger partial charge in [0.2, 0.25) is 5.88 Å². The Bertz CT molecular complexity index is 2240. The third kappa shape index (κ3) is 5.76. The number of piperidine rings is 1. The van der Waals surface area contributed by atoms with Crippen LogP contribution in [0, 0.1) is 52.6 Å². The van der Waals surface area contributed by atoms with E-state index in [9.17, 15) is 9.90 Å². The highest BCUT2D eigenvalue weighted by Crippen LogP contribution is 2.51. The van der Waals surface area contributed by atoms with Crippen molar-refractivity contribution in [3.05, 3.63) is 41.5 Å². The van der Waals surface area contributed by atoms with Crippen LogP contribution in [0.4, 0.5) is 19.4 Å². The zero-order valence-corrected chi connectivity index (χ0v) is 29.2. The van der Waals surface area contributed by atoms with Crippen LogP contribution in [-0.2, 0) is 0 Å². The number of nitrogens with one attached hydrogen (secondary N) is 1. The van der Waals surface area contributed by atoms with Crippen molar-refractivity contribution in [2.75, 3.05) is 57.9 Å². The molecule has 2 aromatic carbocycles. The van der Waals surface area contributed by atoms with E-state index in [2.05, 4.69) is 26.1 Å². The van der Waals surface area contributed by atoms with Crippen LogP contribution in [0.5, 0.6) is 17.6 Å². The minimum absolute atomic E-state index is 0.00110. The van der Waals surface area contributed by atoms with Crippen LogP contribution in [-0.4, -0.2) is 101 Å². The molecule has 4 aromatic rings. The number of aromatic nitrogens is 3. The molecule has 5 fully saturated rings. The molecule has 53 heavy (non-hydrogen) atoms. The molecule has 2 amide bonds. The van der Waals surface area contributed by atoms with Gasteiger partial charge in [0, 0.05) is 49.1 Å². The summed E-state index contributed by atoms with van der Waals surface area (Å²) in [5, 5.41) is 23.2. The third-order valence-electron chi connectivity index (χ3n) is 11.8. The molecule has 12 nitrogen and oxygen atoms in total. The molecule has 4 atom stereocenters. The number of hydrogen-bond donors (Lipinski definition) is 2. The number of fused-ring (bicyclic) bond motifs is 5. The van der Waals surface area contributed by atoms with Crippen molar-refractivity contribution in [1.82, 2.24) is 30.1 Å². The summed E-state index contributed by atoms with van der Waals surface area (Å²) in [4.78, 5) is 33.5. The van der Waals surface area contributed by atoms with Gasteiger partial charge < -0.3 is 34.6 Å². The average Bonchev–Trinajstić information content (AvgIpc) is 4.04. The predicted molar refractivity (Wildman–Crippen MR) is 191 cm³/mol. The zero-order chi connectivity index (χ0) is 36.6. The maximum Gasteiger partial charge on any atom is 0.319 e. The molecule has 4 unspecified atom stereocenters. The van der Waals surface area contributed by atoms with Crippen molar-refractivity contribution in [3.8, 4) is 47.3 Å². The summed E-state index contributed by atoms with van der Waals surface area (Å²) in [6.45, 7) is 4.25. The van der Waals surface area contributed by atoms with Gasteiger partial charge in [-0.3, -0.25) is 0 Å². The number of halogens is 2. The van der Waals surface area contributed by atoms with Gasteiger partial charge in [0.05, 0.1) is 37.4 Å². The number of ether oxygens (including phenoxy) is 2. The van der Waals surface area contributed by atoms with Crippen molar-refractivity contribution < 1.29 is 28.2 Å². The quantitative estimate of drug-likeness (QED) is 0.183. The minimum Gasteiger partial charge on any atom is -0.508 e. The number of phenols is 1. The van der Waals surface area contributed by atoms with Crippen molar-refractivity contribution >= 4 is 33.5 Å². The summed E-state index contributed by atoms with van der Waals surface area (Å²) in [6.07, 6.45) is 10.6. The second kappa shape index (κ2) is 12.6. The van der Waals surface area contributed by atoms with Gasteiger partial charge in [-0.05, 0) is 67.5 Å². The van der Waals surface area contributed by atoms with E-state index >= 15 is 8.78 Å². The van der Waals surface area contributed by atoms with Crippen LogP contribution in [0.25, 0.3) is 32.9 Å². The van der Waals surface area contributed by atoms with Crippen LogP contribution >= 0.6 is 0 Å². The number of methoxy groups -OCH3 is 1. The van der Waals surface area contributed by atoms with E-state index in [0.29, 0.717) is 30.9 Å². The number of urea groups is 1. The number of carbonyl (C=O) groups is 1. The number of nitrogens with zero attached hydrogens (tertiary/aromatic N) is 7. The summed E-state index contributed by atoms with van der Waals surface area (Å²) < 4.78 is 44.5. The fraction of sp³-hybridized carbons (Fsp3) is 0.462. The lowest BCUT2D eigenvalue weighted by molar-refractivity contribution is 0.160. The molecular weight excluding hydrogens is 682 g/mol. The summed E-state index contributed by atoms with van der Waals surface area (Å²) in [6, 6.07) is 6.69. The highest BCUT2D eigenvalue weighted by atomic mass is 19.1. The Morgan fingerprint density at radius 3 is 2.53 bits per heavy atom. The number of phenolic OH excluding ortho intramolecular Hbond substituents is 1. The lowest BCUT2D eigenvalue weighted by Gasteiger charge is -2.41. The number of anilines is 1. The molecule has 5 heterocycles. The second-order valence-electron chi connectivity index (χ2n) is 15.2. The van der Waals surface area contributed by atoms with E-state index < -0.39 is 11.6 Å². The largest absolute Gasteiger partial charge is 0.508 e. The van der Waals surface area contributed by atoms with Gasteiger partial charge in [-0.1, -0.05) is 12.0 Å². The number of carbonyl (C=O) groups excluding carboxylic acids is 1. The Labute approximate surface area is 304 Å². The van der Waals surface area contributed by atoms with Gasteiger partial charge in [-0.25, -0.2) is 18.6 Å². The maximum absolute atomic E-state index is 17.2. The number of pyridine rings is 1. The smallest absolute Gasteiger partial charge is 0.319 e. The van der Waals surface area contributed by atoms with E-state index in [1.165, 1.54) is 37.8 Å². The number of piperazine rings is 1. The van der Waals surface area contributed by atoms with Crippen molar-refractivity contribution in [2.45, 2.75) is 44.2 Å². The first kappa shape index (κ1) is 33.4. The first-order valence-corrected chi connectivity index (χ1v) is 18.1. The van der Waals surface area contributed by atoms with Gasteiger partial charge in [-0.2, -0.15) is 15.2 Å². The molecule has 272 valence electrons. The highest BCUT2D eigenvalue weighted by Gasteiger charge is 2.51. The molecule has 3 aliphatic heterocycles. The standard InChI is InChI=1S/C39H38F2N8O4/c1-3-27-29(40)7-4-21-13-26(50)14-28(30(21)27)33-32(41)34-31(36(44-33)52-2)35(48-17-24-5-6-25(18-48)49(24)38(51)43-11-10-42)46-37(45-34)53-20-39(8-9-39)19-47-15-22-12-23(22)16-47/h1,4,7,13-14,22-25,50H,5-6,8-9,11-12,15-20H2,2H3,(H,43,51). The summed E-state index contributed by atoms with van der Waals surface area (Å²) in [5.74, 6) is 2.69. The molecule has 2 N–H and O–H groups in total. The number of rotatable bonds is 9. The Morgan fingerprint density at radius 1 is 1.09 bits per heavy atom. The molecule has 9 rings (SSSR count). The van der Waals surface area contributed by atoms with Crippen LogP contribution < -0.4 is 19.7 Å². The molecule has 2 aliphatic carbocycles. The summed E-state index contributed by atoms with van der Waals surface area (Å²) in [5.41, 5.74) is -0.399. The van der Waals surface area contributed by atoms with E-state index in [1.807, 2.05) is 11.0 Å². The second-order valence-corrected chi connectivity index (χ2v) is 15.2. The van der Waals surface area contributed by atoms with Gasteiger partial charge >= 0.3 is 12.0 Å². The van der Waals surface area contributed by atoms with Crippen LogP contribution in [0.3, 0.4) is 0 Å². The number of likely N-dealkylation sites (tertiary alicyclic amines) is 1. The lowest BCUT2D eigenvalue weighted by Crippen LogP contribution is -2.58. The van der Waals surface area contributed by atoms with Crippen LogP contribution in [0.2, 0.25) is 0 Å². The molecule has 2 bridgehead atoms. The van der Waals surface area contributed by atoms with Crippen molar-refractivity contribution in [1.29, 1.82) is 5.26 Å². The monoisotopic (exact) mass is 720 g/mol. The third-order valence-corrected chi connectivity index (χ3v) is 11.8. The Morgan fingerprint density at radius 2 is 1.85 bits per heavy atom. The fourth-order valence-corrected chi connectivity index (χ4v) is 8.93. The number of amides is 2. The van der Waals surface area contributed by atoms with Crippen molar-refractivity contribution in [2.24, 2.45) is 17.3 Å². The minimum atomic E-state index is -0.844. The number of terminal acetylenes is 1. The Balaban J connectivity index is 1.15. The molecular formula is C39H38F2N8O4. The average molecular weight is 721 g/mol. The van der Waals surface area contributed by atoms with Gasteiger partial charge in [-0.15, -0.1) is 6.42 Å². The summed E-state index contributed by atoms with van der Waals surface area (Å²) in [7, 11) is 1.41. The summed E-state index contributed by atoms with van der Waals surface area (Å²) >= 11 is 0. The zero-order valence-electron chi connectivity index (χ0n) is 29.2. The van der Waals surface area contributed by atoms with E-state index in [0.717, 1.165) is 57.2 Å². The van der Waals surface area contributed by atoms with Gasteiger partial charge in [0.25, 0.3) is 0 Å². The molecule has 14 heteroatoms. The van der Waals surface area contributed by atoms with Gasteiger partial charge in [0.15, 0.2) is 5.82 Å². The van der Waals surface area contributed by atoms with E-state index in [-0.39, 0.29) is 80.8 Å². The molecule has 0 radical (unpaired) electrons. The number of aromatic hydroxyl groups is 1. The molecule has 0 spiro atoms. The number of nitriles is 1. The number of hydrogen-bond acceptors (Lipinski definition) is 10. The topological polar surface area (TPSA) is 140 Å². The van der Waals surface area contributed by atoms with Crippen LogP contribution in [0.1, 0.15) is 37.7 Å². The predicted octanol–water partition coefficient (Wildman–Crippen LogP) is 4.82. The first-order chi connectivity index (χ1) is 25.7. The van der Waals surface area contributed by atoms with E-state index in [1.54, 1.807) is 4.90 Å². The molecule has 5 aliphatic rings. The van der Waals surface area contributed by atoms with Gasteiger partial charge in [0.1, 0.15) is 40.5 Å². The first-order valence-electron chi connectivity index (χ1n) is 18.1. The Hall–Kier alpha value is -5.47. The number of benzene rings is 2. The molecule has 2 saturated carbocycles. The maximum atomic E-state index is 17.2. The fourth-order valence-electron chi connectivity index (χ4n) is 8.93. The SMILES string of the molecule is C#Cc1c(F)ccc2cc(O)cc(-c3nc(OC)c4c(N5CC6CCC(C5)N6C(=O)NCC#N)nc(OCC5(CN6CC7CC7C6)CC5)nc4c3F)c12. The Kier molecular flexibility index (Phi) is 7.93. The van der Waals surface area contributed by atoms with Crippen molar-refractivity contribution in [3.63, 3.8) is 0 Å². The van der Waals surface area contributed by atoms with E-state index in [4.69, 9.17) is 26.1 Å².